The van der Waals surface area contributed by atoms with E-state index in [0.29, 0.717) is 12.6 Å². The van der Waals surface area contributed by atoms with Crippen LogP contribution in [0.3, 0.4) is 0 Å². The largest absolute Gasteiger partial charge is 0.493 e. The standard InChI is InChI=1S/C27H31NO3/c1-4-21-13-9-10-14-28(21)27(29)15-19(3)22-16-23-24(20-11-7-6-8-12-20)18-31-26(23)17-25(22)30-5-2/h6-8,11-12,15-18,21H,4-5,9-10,13-14H2,1-3H3/b19-15+. The first-order valence-electron chi connectivity index (χ1n) is 11.3. The van der Waals surface area contributed by atoms with Crippen molar-refractivity contribution in [2.75, 3.05) is 13.2 Å². The van der Waals surface area contributed by atoms with Crippen molar-refractivity contribution in [3.8, 4) is 16.9 Å². The van der Waals surface area contributed by atoms with E-state index >= 15 is 0 Å². The number of hydrogen-bond acceptors (Lipinski definition) is 3. The minimum absolute atomic E-state index is 0.0991. The molecule has 1 fully saturated rings. The molecule has 0 radical (unpaired) electrons. The first-order valence-corrected chi connectivity index (χ1v) is 11.3. The van der Waals surface area contributed by atoms with Crippen LogP contribution in [0.1, 0.15) is 52.0 Å². The fourth-order valence-electron chi connectivity index (χ4n) is 4.54. The van der Waals surface area contributed by atoms with Crippen LogP contribution < -0.4 is 4.74 Å². The second kappa shape index (κ2) is 9.42. The highest BCUT2D eigenvalue weighted by Crippen LogP contribution is 2.37. The number of fused-ring (bicyclic) bond motifs is 1. The van der Waals surface area contributed by atoms with Crippen LogP contribution in [0, 0.1) is 0 Å². The number of likely N-dealkylation sites (tertiary alicyclic amines) is 1. The predicted octanol–water partition coefficient (Wildman–Crippen LogP) is 6.69. The molecule has 2 heterocycles. The average Bonchev–Trinajstić information content (AvgIpc) is 3.22. The summed E-state index contributed by atoms with van der Waals surface area (Å²) in [6.45, 7) is 7.52. The van der Waals surface area contributed by atoms with Crippen molar-refractivity contribution in [1.82, 2.24) is 4.90 Å². The Morgan fingerprint density at radius 2 is 2.00 bits per heavy atom. The summed E-state index contributed by atoms with van der Waals surface area (Å²) in [5, 5.41) is 1.02. The van der Waals surface area contributed by atoms with Crippen molar-refractivity contribution in [2.24, 2.45) is 0 Å². The lowest BCUT2D eigenvalue weighted by Gasteiger charge is -2.34. The van der Waals surface area contributed by atoms with Gasteiger partial charge in [0.2, 0.25) is 5.91 Å². The van der Waals surface area contributed by atoms with E-state index in [1.54, 1.807) is 12.3 Å². The lowest BCUT2D eigenvalue weighted by atomic mass is 9.98. The number of carbonyl (C=O) groups is 1. The summed E-state index contributed by atoms with van der Waals surface area (Å²) in [5.41, 5.74) is 4.78. The minimum Gasteiger partial charge on any atom is -0.493 e. The molecule has 0 N–H and O–H groups in total. The van der Waals surface area contributed by atoms with E-state index in [2.05, 4.69) is 25.1 Å². The van der Waals surface area contributed by atoms with Crippen molar-refractivity contribution < 1.29 is 13.9 Å². The molecule has 1 aliphatic rings. The summed E-state index contributed by atoms with van der Waals surface area (Å²) in [6, 6.07) is 14.6. The summed E-state index contributed by atoms with van der Waals surface area (Å²) >= 11 is 0. The Hall–Kier alpha value is -3.01. The van der Waals surface area contributed by atoms with Crippen molar-refractivity contribution in [2.45, 2.75) is 52.5 Å². The maximum absolute atomic E-state index is 13.1. The summed E-state index contributed by atoms with van der Waals surface area (Å²) in [6.07, 6.45) is 7.97. The van der Waals surface area contributed by atoms with Crippen molar-refractivity contribution >= 4 is 22.4 Å². The van der Waals surface area contributed by atoms with Gasteiger partial charge in [0.15, 0.2) is 0 Å². The van der Waals surface area contributed by atoms with E-state index in [1.807, 2.05) is 43.0 Å². The Morgan fingerprint density at radius 1 is 1.19 bits per heavy atom. The summed E-state index contributed by atoms with van der Waals surface area (Å²) < 4.78 is 11.8. The zero-order valence-corrected chi connectivity index (χ0v) is 18.7. The summed E-state index contributed by atoms with van der Waals surface area (Å²) in [5.74, 6) is 0.846. The normalized spacial score (nSPS) is 17.2. The van der Waals surface area contributed by atoms with Gasteiger partial charge in [0, 0.05) is 41.2 Å². The molecule has 1 aromatic heterocycles. The molecule has 1 saturated heterocycles. The monoisotopic (exact) mass is 417 g/mol. The second-order valence-electron chi connectivity index (χ2n) is 8.21. The van der Waals surface area contributed by atoms with E-state index in [-0.39, 0.29) is 5.91 Å². The highest BCUT2D eigenvalue weighted by molar-refractivity contribution is 6.00. The van der Waals surface area contributed by atoms with Gasteiger partial charge in [0.05, 0.1) is 12.9 Å². The molecule has 31 heavy (non-hydrogen) atoms. The number of benzene rings is 2. The van der Waals surface area contributed by atoms with Crippen LogP contribution >= 0.6 is 0 Å². The van der Waals surface area contributed by atoms with Crippen LogP contribution in [0.25, 0.3) is 27.7 Å². The molecule has 2 aromatic carbocycles. The lowest BCUT2D eigenvalue weighted by molar-refractivity contribution is -0.129. The number of ether oxygens (including phenoxy) is 1. The zero-order chi connectivity index (χ0) is 21.8. The number of amides is 1. The van der Waals surface area contributed by atoms with E-state index in [0.717, 1.165) is 64.8 Å². The first-order chi connectivity index (χ1) is 15.1. The molecule has 0 saturated carbocycles. The molecule has 3 aromatic rings. The summed E-state index contributed by atoms with van der Waals surface area (Å²) in [4.78, 5) is 15.2. The molecule has 4 nitrogen and oxygen atoms in total. The van der Waals surface area contributed by atoms with Gasteiger partial charge >= 0.3 is 0 Å². The molecule has 0 bridgehead atoms. The minimum atomic E-state index is 0.0991. The Labute approximate surface area is 184 Å². The van der Waals surface area contributed by atoms with Gasteiger partial charge < -0.3 is 14.1 Å². The number of piperidine rings is 1. The molecule has 4 rings (SSSR count). The molecule has 4 heteroatoms. The fourth-order valence-corrected chi connectivity index (χ4v) is 4.54. The number of allylic oxidation sites excluding steroid dienone is 1. The number of carbonyl (C=O) groups excluding carboxylic acids is 1. The molecule has 0 spiro atoms. The SMILES string of the molecule is CCOc1cc2occ(-c3ccccc3)c2cc1/C(C)=C/C(=O)N1CCCCC1CC. The third-order valence-electron chi connectivity index (χ3n) is 6.21. The summed E-state index contributed by atoms with van der Waals surface area (Å²) in [7, 11) is 0. The molecule has 1 amide bonds. The molecule has 162 valence electrons. The quantitative estimate of drug-likeness (QED) is 0.420. The van der Waals surface area contributed by atoms with Gasteiger partial charge in [-0.3, -0.25) is 4.79 Å². The predicted molar refractivity (Wildman–Crippen MR) is 126 cm³/mol. The third-order valence-corrected chi connectivity index (χ3v) is 6.21. The van der Waals surface area contributed by atoms with Crippen LogP contribution in [-0.4, -0.2) is 30.0 Å². The fraction of sp³-hybridized carbons (Fsp3) is 0.370. The van der Waals surface area contributed by atoms with Crippen molar-refractivity contribution in [1.29, 1.82) is 0 Å². The number of hydrogen-bond donors (Lipinski definition) is 0. The first kappa shape index (κ1) is 21.2. The van der Waals surface area contributed by atoms with E-state index in [4.69, 9.17) is 9.15 Å². The maximum Gasteiger partial charge on any atom is 0.247 e. The highest BCUT2D eigenvalue weighted by Gasteiger charge is 2.24. The van der Waals surface area contributed by atoms with Crippen LogP contribution in [0.15, 0.2) is 59.2 Å². The van der Waals surface area contributed by atoms with Crippen LogP contribution in [-0.2, 0) is 4.79 Å². The number of rotatable bonds is 6. The zero-order valence-electron chi connectivity index (χ0n) is 18.7. The topological polar surface area (TPSA) is 42.7 Å². The van der Waals surface area contributed by atoms with Crippen LogP contribution in [0.4, 0.5) is 0 Å². The Morgan fingerprint density at radius 3 is 2.74 bits per heavy atom. The number of furan rings is 1. The Bertz CT molecular complexity index is 1080. The van der Waals surface area contributed by atoms with Gasteiger partial charge in [0.1, 0.15) is 11.3 Å². The van der Waals surface area contributed by atoms with Gasteiger partial charge in [-0.2, -0.15) is 0 Å². The third kappa shape index (κ3) is 4.39. The lowest BCUT2D eigenvalue weighted by Crippen LogP contribution is -2.42. The highest BCUT2D eigenvalue weighted by atomic mass is 16.5. The van der Waals surface area contributed by atoms with E-state index in [1.165, 1.54) is 6.42 Å². The van der Waals surface area contributed by atoms with Crippen molar-refractivity contribution in [3.05, 3.63) is 60.4 Å². The van der Waals surface area contributed by atoms with Gasteiger partial charge in [0.25, 0.3) is 0 Å². The molecule has 0 aliphatic carbocycles. The molecule has 1 unspecified atom stereocenters. The number of nitrogens with zero attached hydrogens (tertiary/aromatic N) is 1. The Balaban J connectivity index is 1.74. The van der Waals surface area contributed by atoms with E-state index in [9.17, 15) is 4.79 Å². The van der Waals surface area contributed by atoms with Crippen LogP contribution in [0.2, 0.25) is 0 Å². The van der Waals surface area contributed by atoms with Gasteiger partial charge in [-0.1, -0.05) is 37.3 Å². The Kier molecular flexibility index (Phi) is 6.45. The van der Waals surface area contributed by atoms with E-state index < -0.39 is 0 Å². The molecular weight excluding hydrogens is 386 g/mol. The smallest absolute Gasteiger partial charge is 0.247 e. The average molecular weight is 418 g/mol. The molecule has 1 atom stereocenters. The molecular formula is C27H31NO3. The van der Waals surface area contributed by atoms with Gasteiger partial charge in [-0.25, -0.2) is 0 Å². The maximum atomic E-state index is 13.1. The van der Waals surface area contributed by atoms with Gasteiger partial charge in [-0.05, 0) is 56.7 Å². The van der Waals surface area contributed by atoms with Crippen LogP contribution in [0.5, 0.6) is 5.75 Å². The van der Waals surface area contributed by atoms with Crippen molar-refractivity contribution in [3.63, 3.8) is 0 Å². The van der Waals surface area contributed by atoms with Gasteiger partial charge in [-0.15, -0.1) is 0 Å². The second-order valence-corrected chi connectivity index (χ2v) is 8.21. The molecule has 1 aliphatic heterocycles.